The summed E-state index contributed by atoms with van der Waals surface area (Å²) in [6.45, 7) is 0. The minimum absolute atomic E-state index is 0.0424. The van der Waals surface area contributed by atoms with Crippen LogP contribution in [0.5, 0.6) is 0 Å². The summed E-state index contributed by atoms with van der Waals surface area (Å²) < 4.78 is 25.8. The molecule has 0 aliphatic carbocycles. The average Bonchev–Trinajstić information content (AvgIpc) is 2.77. The molecule has 19 heavy (non-hydrogen) atoms. The maximum absolute atomic E-state index is 11.8. The second-order valence-electron chi connectivity index (χ2n) is 3.76. The summed E-state index contributed by atoms with van der Waals surface area (Å²) >= 11 is 11.4. The lowest BCUT2D eigenvalue weighted by molar-refractivity contribution is 0.597. The predicted molar refractivity (Wildman–Crippen MR) is 74.1 cm³/mol. The van der Waals surface area contributed by atoms with E-state index in [2.05, 4.69) is 24.7 Å². The highest BCUT2D eigenvalue weighted by Crippen LogP contribution is 2.18. The number of fused-ring (bicyclic) bond motifs is 1. The van der Waals surface area contributed by atoms with Gasteiger partial charge in [-0.3, -0.25) is 4.72 Å². The lowest BCUT2D eigenvalue weighted by Gasteiger charge is -2.06. The Hall–Kier alpha value is -1.12. The van der Waals surface area contributed by atoms with E-state index in [0.717, 1.165) is 0 Å². The van der Waals surface area contributed by atoms with E-state index in [0.29, 0.717) is 29.9 Å². The number of nitrogens with zero attached hydrogens (tertiary/aromatic N) is 3. The van der Waals surface area contributed by atoms with Gasteiger partial charge in [0.25, 0.3) is 0 Å². The van der Waals surface area contributed by atoms with Crippen LogP contribution in [-0.4, -0.2) is 40.0 Å². The second kappa shape index (κ2) is 5.89. The highest BCUT2D eigenvalue weighted by Gasteiger charge is 2.14. The lowest BCUT2D eigenvalue weighted by atomic mass is 10.4. The van der Waals surface area contributed by atoms with Gasteiger partial charge >= 0.3 is 0 Å². The molecule has 0 aliphatic heterocycles. The molecule has 2 rings (SSSR count). The molecule has 0 spiro atoms. The van der Waals surface area contributed by atoms with Crippen LogP contribution >= 0.6 is 23.2 Å². The molecule has 7 nitrogen and oxygen atoms in total. The van der Waals surface area contributed by atoms with Crippen molar-refractivity contribution in [2.24, 2.45) is 0 Å². The first-order chi connectivity index (χ1) is 9.02. The first-order valence-corrected chi connectivity index (χ1v) is 8.01. The number of aromatic amines is 1. The van der Waals surface area contributed by atoms with Gasteiger partial charge in [-0.15, -0.1) is 11.6 Å². The number of alkyl halides is 1. The molecule has 0 bridgehead atoms. The molecule has 104 valence electrons. The van der Waals surface area contributed by atoms with E-state index in [9.17, 15) is 8.42 Å². The van der Waals surface area contributed by atoms with Crippen LogP contribution < -0.4 is 4.72 Å². The van der Waals surface area contributed by atoms with E-state index in [1.165, 1.54) is 6.33 Å². The standard InChI is InChI=1S/C9H11Cl2N5O2S/c10-3-1-2-4-19(17,18)16-9-14-7(11)6-8(15-9)13-5-12-6/h5H,1-4H2,(H2,12,13,14,15,16). The molecule has 0 radical (unpaired) electrons. The predicted octanol–water partition coefficient (Wildman–Crippen LogP) is 1.77. The van der Waals surface area contributed by atoms with E-state index in [-0.39, 0.29) is 16.9 Å². The topological polar surface area (TPSA) is 101 Å². The van der Waals surface area contributed by atoms with Crippen molar-refractivity contribution >= 4 is 50.3 Å². The van der Waals surface area contributed by atoms with Crippen molar-refractivity contribution in [2.75, 3.05) is 16.4 Å². The monoisotopic (exact) mass is 323 g/mol. The summed E-state index contributed by atoms with van der Waals surface area (Å²) in [5.74, 6) is 0.298. The fourth-order valence-corrected chi connectivity index (χ4v) is 2.88. The van der Waals surface area contributed by atoms with Crippen molar-refractivity contribution in [1.29, 1.82) is 0 Å². The van der Waals surface area contributed by atoms with Crippen LogP contribution in [-0.2, 0) is 10.0 Å². The van der Waals surface area contributed by atoms with Gasteiger partial charge in [0.15, 0.2) is 10.8 Å². The molecule has 0 unspecified atom stereocenters. The highest BCUT2D eigenvalue weighted by molar-refractivity contribution is 7.92. The zero-order valence-electron chi connectivity index (χ0n) is 9.73. The molecule has 0 aliphatic rings. The van der Waals surface area contributed by atoms with Crippen molar-refractivity contribution in [1.82, 2.24) is 19.9 Å². The number of imidazole rings is 1. The Bertz CT molecular complexity index is 672. The third-order valence-electron chi connectivity index (χ3n) is 2.28. The molecule has 2 heterocycles. The number of sulfonamides is 1. The summed E-state index contributed by atoms with van der Waals surface area (Å²) in [7, 11) is -3.51. The van der Waals surface area contributed by atoms with Gasteiger partial charge in [-0.25, -0.2) is 13.4 Å². The number of nitrogens with one attached hydrogen (secondary N) is 2. The quantitative estimate of drug-likeness (QED) is 0.479. The van der Waals surface area contributed by atoms with Crippen molar-refractivity contribution in [3.05, 3.63) is 11.5 Å². The number of unbranched alkanes of at least 4 members (excludes halogenated alkanes) is 1. The maximum Gasteiger partial charge on any atom is 0.240 e. The van der Waals surface area contributed by atoms with E-state index in [4.69, 9.17) is 23.2 Å². The molecule has 0 amide bonds. The van der Waals surface area contributed by atoms with Crippen LogP contribution in [0.3, 0.4) is 0 Å². The lowest BCUT2D eigenvalue weighted by Crippen LogP contribution is -2.18. The fourth-order valence-electron chi connectivity index (χ4n) is 1.42. The Morgan fingerprint density at radius 3 is 2.84 bits per heavy atom. The maximum atomic E-state index is 11.8. The van der Waals surface area contributed by atoms with E-state index in [1.807, 2.05) is 0 Å². The Morgan fingerprint density at radius 2 is 2.11 bits per heavy atom. The molecule has 0 aromatic carbocycles. The van der Waals surface area contributed by atoms with Crippen LogP contribution in [0.4, 0.5) is 5.95 Å². The molecule has 0 saturated carbocycles. The number of aromatic nitrogens is 4. The first-order valence-electron chi connectivity index (χ1n) is 5.45. The molecule has 2 aromatic heterocycles. The number of rotatable bonds is 6. The van der Waals surface area contributed by atoms with Gasteiger partial charge in [-0.05, 0) is 12.8 Å². The summed E-state index contributed by atoms with van der Waals surface area (Å²) in [6.07, 6.45) is 2.50. The SMILES string of the molecule is O=S(=O)(CCCCCl)Nc1nc(Cl)c2[nH]cnc2n1. The Balaban J connectivity index is 2.16. The van der Waals surface area contributed by atoms with Gasteiger partial charge in [0.1, 0.15) is 5.52 Å². The highest BCUT2D eigenvalue weighted by atomic mass is 35.5. The molecule has 10 heteroatoms. The smallest absolute Gasteiger partial charge is 0.240 e. The number of hydrogen-bond acceptors (Lipinski definition) is 5. The zero-order chi connectivity index (χ0) is 13.9. The van der Waals surface area contributed by atoms with Gasteiger partial charge < -0.3 is 4.98 Å². The molecule has 2 N–H and O–H groups in total. The van der Waals surface area contributed by atoms with E-state index in [1.54, 1.807) is 0 Å². The summed E-state index contributed by atoms with van der Waals surface area (Å²) in [5.41, 5.74) is 0.769. The van der Waals surface area contributed by atoms with Crippen LogP contribution in [0.25, 0.3) is 11.2 Å². The summed E-state index contributed by atoms with van der Waals surface area (Å²) in [5, 5.41) is 0.112. The second-order valence-corrected chi connectivity index (χ2v) is 6.33. The number of halogens is 2. The van der Waals surface area contributed by atoms with E-state index < -0.39 is 10.0 Å². The van der Waals surface area contributed by atoms with Gasteiger partial charge in [-0.1, -0.05) is 11.6 Å². The van der Waals surface area contributed by atoms with Gasteiger partial charge in [0, 0.05) is 5.88 Å². The third kappa shape index (κ3) is 3.68. The molecule has 0 fully saturated rings. The van der Waals surface area contributed by atoms with Crippen LogP contribution in [0, 0.1) is 0 Å². The third-order valence-corrected chi connectivity index (χ3v) is 4.15. The Kier molecular flexibility index (Phi) is 4.43. The summed E-state index contributed by atoms with van der Waals surface area (Å²) in [4.78, 5) is 14.5. The minimum atomic E-state index is -3.51. The van der Waals surface area contributed by atoms with E-state index >= 15 is 0 Å². The first kappa shape index (κ1) is 14.3. The minimum Gasteiger partial charge on any atom is -0.341 e. The average molecular weight is 324 g/mol. The van der Waals surface area contributed by atoms with Crippen molar-refractivity contribution in [3.8, 4) is 0 Å². The van der Waals surface area contributed by atoms with Gasteiger partial charge in [0.2, 0.25) is 16.0 Å². The molecule has 2 aromatic rings. The summed E-state index contributed by atoms with van der Waals surface area (Å²) in [6, 6.07) is 0. The van der Waals surface area contributed by atoms with Gasteiger partial charge in [0.05, 0.1) is 12.1 Å². The molecule has 0 atom stereocenters. The normalized spacial score (nSPS) is 11.9. The Morgan fingerprint density at radius 1 is 1.32 bits per heavy atom. The molecular weight excluding hydrogens is 313 g/mol. The van der Waals surface area contributed by atoms with Crippen molar-refractivity contribution in [3.63, 3.8) is 0 Å². The zero-order valence-corrected chi connectivity index (χ0v) is 12.1. The fraction of sp³-hybridized carbons (Fsp3) is 0.444. The van der Waals surface area contributed by atoms with Crippen molar-refractivity contribution < 1.29 is 8.42 Å². The van der Waals surface area contributed by atoms with Gasteiger partial charge in [-0.2, -0.15) is 9.97 Å². The number of H-pyrrole nitrogens is 1. The van der Waals surface area contributed by atoms with Crippen LogP contribution in [0.2, 0.25) is 5.15 Å². The largest absolute Gasteiger partial charge is 0.341 e. The number of anilines is 1. The van der Waals surface area contributed by atoms with Crippen molar-refractivity contribution in [2.45, 2.75) is 12.8 Å². The van der Waals surface area contributed by atoms with Crippen LogP contribution in [0.15, 0.2) is 6.33 Å². The molecular formula is C9H11Cl2N5O2S. The Labute approximate surface area is 119 Å². The molecule has 0 saturated heterocycles. The van der Waals surface area contributed by atoms with Crippen LogP contribution in [0.1, 0.15) is 12.8 Å². The number of hydrogen-bond donors (Lipinski definition) is 2.